The smallest absolute Gasteiger partial charge is 0.132 e. The Hall–Kier alpha value is -1.22. The van der Waals surface area contributed by atoms with Crippen molar-refractivity contribution < 1.29 is 4.74 Å². The molecule has 1 unspecified atom stereocenters. The van der Waals surface area contributed by atoms with Gasteiger partial charge in [0, 0.05) is 11.1 Å². The second-order valence-electron chi connectivity index (χ2n) is 3.58. The van der Waals surface area contributed by atoms with E-state index >= 15 is 0 Å². The summed E-state index contributed by atoms with van der Waals surface area (Å²) in [4.78, 5) is 4.41. The third kappa shape index (κ3) is 2.07. The fourth-order valence-corrected chi connectivity index (χ4v) is 1.74. The second-order valence-corrected chi connectivity index (χ2v) is 4.02. The summed E-state index contributed by atoms with van der Waals surface area (Å²) in [6.07, 6.45) is 0. The maximum absolute atomic E-state index is 5.89. The van der Waals surface area contributed by atoms with Crippen LogP contribution in [0.2, 0.25) is 5.02 Å². The number of ether oxygens (including phenoxy) is 1. The maximum atomic E-state index is 5.89. The predicted molar refractivity (Wildman–Crippen MR) is 62.0 cm³/mol. The van der Waals surface area contributed by atoms with Crippen LogP contribution in [-0.4, -0.2) is 25.5 Å². The summed E-state index contributed by atoms with van der Waals surface area (Å²) in [7, 11) is 1.63. The van der Waals surface area contributed by atoms with Crippen LogP contribution in [-0.2, 0) is 0 Å². The standard InChI is InChI=1S/C11H13ClN2O/c1-7-6-13-11(14-7)9-4-3-8(12)5-10(9)15-2/h3-5,7H,6H2,1-2H3,(H,13,14). The van der Waals surface area contributed by atoms with Gasteiger partial charge in [-0.2, -0.15) is 0 Å². The number of benzene rings is 1. The molecule has 0 saturated heterocycles. The molecule has 1 atom stereocenters. The summed E-state index contributed by atoms with van der Waals surface area (Å²) in [5.74, 6) is 1.64. The molecule has 0 radical (unpaired) electrons. The van der Waals surface area contributed by atoms with E-state index in [2.05, 4.69) is 17.2 Å². The lowest BCUT2D eigenvalue weighted by Gasteiger charge is -2.10. The minimum absolute atomic E-state index is 0.389. The molecular formula is C11H13ClN2O. The Balaban J connectivity index is 2.36. The lowest BCUT2D eigenvalue weighted by Crippen LogP contribution is -2.27. The summed E-state index contributed by atoms with van der Waals surface area (Å²) < 4.78 is 5.27. The fraction of sp³-hybridized carbons (Fsp3) is 0.364. The minimum Gasteiger partial charge on any atom is -0.496 e. The van der Waals surface area contributed by atoms with Gasteiger partial charge in [-0.3, -0.25) is 4.99 Å². The molecule has 0 aromatic heterocycles. The van der Waals surface area contributed by atoms with Crippen LogP contribution >= 0.6 is 11.6 Å². The van der Waals surface area contributed by atoms with E-state index in [0.29, 0.717) is 11.1 Å². The van der Waals surface area contributed by atoms with E-state index in [1.165, 1.54) is 0 Å². The topological polar surface area (TPSA) is 33.6 Å². The first-order valence-corrected chi connectivity index (χ1v) is 5.23. The first-order chi connectivity index (χ1) is 7.20. The molecule has 0 amide bonds. The number of rotatable bonds is 2. The van der Waals surface area contributed by atoms with Gasteiger partial charge in [-0.25, -0.2) is 0 Å². The van der Waals surface area contributed by atoms with Gasteiger partial charge in [-0.15, -0.1) is 0 Å². The van der Waals surface area contributed by atoms with Crippen LogP contribution < -0.4 is 10.1 Å². The van der Waals surface area contributed by atoms with Crippen molar-refractivity contribution in [2.75, 3.05) is 13.7 Å². The fourth-order valence-electron chi connectivity index (χ4n) is 1.58. The zero-order valence-corrected chi connectivity index (χ0v) is 9.51. The van der Waals surface area contributed by atoms with E-state index in [4.69, 9.17) is 16.3 Å². The van der Waals surface area contributed by atoms with Gasteiger partial charge in [-0.05, 0) is 25.1 Å². The molecule has 1 aliphatic heterocycles. The van der Waals surface area contributed by atoms with Crippen molar-refractivity contribution in [1.82, 2.24) is 5.32 Å². The summed E-state index contributed by atoms with van der Waals surface area (Å²) in [6.45, 7) is 2.90. The molecule has 15 heavy (non-hydrogen) atoms. The number of nitrogens with one attached hydrogen (secondary N) is 1. The van der Waals surface area contributed by atoms with Crippen molar-refractivity contribution in [2.45, 2.75) is 13.0 Å². The van der Waals surface area contributed by atoms with Crippen molar-refractivity contribution >= 4 is 17.4 Å². The summed E-state index contributed by atoms with van der Waals surface area (Å²) in [6, 6.07) is 5.95. The van der Waals surface area contributed by atoms with Crippen LogP contribution in [0.4, 0.5) is 0 Å². The number of amidine groups is 1. The summed E-state index contributed by atoms with van der Waals surface area (Å²) in [5.41, 5.74) is 0.964. The molecule has 1 aromatic carbocycles. The predicted octanol–water partition coefficient (Wildman–Crippen LogP) is 2.09. The highest BCUT2D eigenvalue weighted by Crippen LogP contribution is 2.24. The van der Waals surface area contributed by atoms with Crippen LogP contribution in [0, 0.1) is 0 Å². The van der Waals surface area contributed by atoms with Crippen LogP contribution in [0.25, 0.3) is 0 Å². The van der Waals surface area contributed by atoms with E-state index in [-0.39, 0.29) is 0 Å². The average molecular weight is 225 g/mol. The second kappa shape index (κ2) is 4.11. The summed E-state index contributed by atoms with van der Waals surface area (Å²) in [5, 5.41) is 3.96. The van der Waals surface area contributed by atoms with E-state index in [1.807, 2.05) is 12.1 Å². The van der Waals surface area contributed by atoms with Crippen molar-refractivity contribution in [3.05, 3.63) is 28.8 Å². The molecule has 0 saturated carbocycles. The Labute approximate surface area is 94.1 Å². The zero-order chi connectivity index (χ0) is 10.8. The normalized spacial score (nSPS) is 19.7. The number of hydrogen-bond donors (Lipinski definition) is 1. The van der Waals surface area contributed by atoms with E-state index in [9.17, 15) is 0 Å². The molecule has 0 aliphatic carbocycles. The van der Waals surface area contributed by atoms with Crippen LogP contribution in [0.15, 0.2) is 23.2 Å². The van der Waals surface area contributed by atoms with Crippen molar-refractivity contribution in [1.29, 1.82) is 0 Å². The van der Waals surface area contributed by atoms with Crippen LogP contribution in [0.5, 0.6) is 5.75 Å². The van der Waals surface area contributed by atoms with Gasteiger partial charge in [0.15, 0.2) is 0 Å². The monoisotopic (exact) mass is 224 g/mol. The van der Waals surface area contributed by atoms with Gasteiger partial charge in [0.2, 0.25) is 0 Å². The van der Waals surface area contributed by atoms with Gasteiger partial charge in [0.05, 0.1) is 19.2 Å². The van der Waals surface area contributed by atoms with E-state index in [1.54, 1.807) is 13.2 Å². The van der Waals surface area contributed by atoms with Crippen LogP contribution in [0.1, 0.15) is 12.5 Å². The Bertz CT molecular complexity index is 404. The molecule has 0 spiro atoms. The number of hydrogen-bond acceptors (Lipinski definition) is 3. The Kier molecular flexibility index (Phi) is 2.82. The lowest BCUT2D eigenvalue weighted by molar-refractivity contribution is 0.414. The average Bonchev–Trinajstić information content (AvgIpc) is 2.64. The number of nitrogens with zero attached hydrogens (tertiary/aromatic N) is 1. The van der Waals surface area contributed by atoms with Gasteiger partial charge < -0.3 is 10.1 Å². The van der Waals surface area contributed by atoms with Crippen molar-refractivity contribution in [3.8, 4) is 5.75 Å². The van der Waals surface area contributed by atoms with Gasteiger partial charge in [-0.1, -0.05) is 11.6 Å². The largest absolute Gasteiger partial charge is 0.496 e. The molecule has 0 bridgehead atoms. The van der Waals surface area contributed by atoms with Crippen molar-refractivity contribution in [3.63, 3.8) is 0 Å². The molecule has 1 heterocycles. The molecule has 80 valence electrons. The van der Waals surface area contributed by atoms with Crippen molar-refractivity contribution in [2.24, 2.45) is 4.99 Å². The Morgan fingerprint density at radius 3 is 2.93 bits per heavy atom. The maximum Gasteiger partial charge on any atom is 0.132 e. The van der Waals surface area contributed by atoms with Gasteiger partial charge >= 0.3 is 0 Å². The lowest BCUT2D eigenvalue weighted by atomic mass is 10.2. The quantitative estimate of drug-likeness (QED) is 0.835. The molecule has 3 nitrogen and oxygen atoms in total. The molecule has 1 aliphatic rings. The number of aliphatic imine (C=N–C) groups is 1. The molecule has 1 N–H and O–H groups in total. The van der Waals surface area contributed by atoms with E-state index in [0.717, 1.165) is 23.7 Å². The van der Waals surface area contributed by atoms with Crippen LogP contribution in [0.3, 0.4) is 0 Å². The first kappa shape index (κ1) is 10.3. The SMILES string of the molecule is COc1cc(Cl)ccc1C1=NCC(C)N1. The Morgan fingerprint density at radius 1 is 1.53 bits per heavy atom. The molecule has 4 heteroatoms. The molecule has 1 aromatic rings. The van der Waals surface area contributed by atoms with E-state index < -0.39 is 0 Å². The highest BCUT2D eigenvalue weighted by molar-refractivity contribution is 6.30. The highest BCUT2D eigenvalue weighted by atomic mass is 35.5. The molecule has 2 rings (SSSR count). The molecular weight excluding hydrogens is 212 g/mol. The third-order valence-corrected chi connectivity index (χ3v) is 2.56. The molecule has 0 fully saturated rings. The minimum atomic E-state index is 0.389. The first-order valence-electron chi connectivity index (χ1n) is 4.85. The number of halogens is 1. The van der Waals surface area contributed by atoms with Gasteiger partial charge in [0.1, 0.15) is 11.6 Å². The Morgan fingerprint density at radius 2 is 2.33 bits per heavy atom. The zero-order valence-electron chi connectivity index (χ0n) is 8.75. The summed E-state index contributed by atoms with van der Waals surface area (Å²) >= 11 is 5.89. The highest BCUT2D eigenvalue weighted by Gasteiger charge is 2.17. The third-order valence-electron chi connectivity index (χ3n) is 2.33. The van der Waals surface area contributed by atoms with Gasteiger partial charge in [0.25, 0.3) is 0 Å². The number of methoxy groups -OCH3 is 1.